The molecule has 0 heterocycles. The third kappa shape index (κ3) is 5.29. The van der Waals surface area contributed by atoms with Gasteiger partial charge in [0.2, 0.25) is 0 Å². The lowest BCUT2D eigenvalue weighted by atomic mass is 10.1. The molecule has 0 aliphatic carbocycles. The molecule has 0 radical (unpaired) electrons. The van der Waals surface area contributed by atoms with E-state index >= 15 is 0 Å². The van der Waals surface area contributed by atoms with Crippen LogP contribution >= 0.6 is 23.2 Å². The number of alkyl halides is 1. The van der Waals surface area contributed by atoms with Gasteiger partial charge in [-0.2, -0.15) is 0 Å². The second-order valence-corrected chi connectivity index (χ2v) is 4.49. The Labute approximate surface area is 101 Å². The first-order valence-corrected chi connectivity index (χ1v) is 6.08. The lowest BCUT2D eigenvalue weighted by Gasteiger charge is -2.10. The highest BCUT2D eigenvalue weighted by Crippen LogP contribution is 2.16. The maximum absolute atomic E-state index is 5.77. The van der Waals surface area contributed by atoms with E-state index in [1.165, 1.54) is 0 Å². The number of hydrogen-bond acceptors (Lipinski definition) is 1. The van der Waals surface area contributed by atoms with Gasteiger partial charge in [-0.05, 0) is 43.0 Å². The molecule has 3 heteroatoms. The third-order valence-electron chi connectivity index (χ3n) is 2.29. The summed E-state index contributed by atoms with van der Waals surface area (Å²) in [5.74, 6) is 2.22. The number of benzene rings is 1. The van der Waals surface area contributed by atoms with E-state index in [-0.39, 0.29) is 0 Å². The van der Waals surface area contributed by atoms with Gasteiger partial charge in [0, 0.05) is 10.9 Å². The van der Waals surface area contributed by atoms with Crippen LogP contribution in [0, 0.1) is 5.92 Å². The number of hydrogen-bond donors (Lipinski definition) is 0. The first-order valence-electron chi connectivity index (χ1n) is 5.16. The normalized spacial score (nSPS) is 12.5. The molecule has 0 fully saturated rings. The maximum Gasteiger partial charge on any atom is 0.119 e. The highest BCUT2D eigenvalue weighted by atomic mass is 35.5. The van der Waals surface area contributed by atoms with Gasteiger partial charge in [-0.15, -0.1) is 11.6 Å². The molecule has 0 aliphatic rings. The molecule has 0 saturated carbocycles. The molecule has 15 heavy (non-hydrogen) atoms. The summed E-state index contributed by atoms with van der Waals surface area (Å²) >= 11 is 11.4. The van der Waals surface area contributed by atoms with Crippen LogP contribution in [-0.2, 0) is 0 Å². The fourth-order valence-electron chi connectivity index (χ4n) is 1.24. The summed E-state index contributed by atoms with van der Waals surface area (Å²) < 4.78 is 5.58. The molecular weight excluding hydrogens is 231 g/mol. The molecule has 1 nitrogen and oxygen atoms in total. The molecule has 0 bridgehead atoms. The van der Waals surface area contributed by atoms with Crippen LogP contribution in [0.5, 0.6) is 5.75 Å². The molecule has 0 aliphatic heterocycles. The Balaban J connectivity index is 2.22. The summed E-state index contributed by atoms with van der Waals surface area (Å²) in [6.07, 6.45) is 2.08. The molecule has 0 amide bonds. The minimum Gasteiger partial charge on any atom is -0.494 e. The van der Waals surface area contributed by atoms with Gasteiger partial charge in [0.15, 0.2) is 0 Å². The third-order valence-corrected chi connectivity index (χ3v) is 2.77. The van der Waals surface area contributed by atoms with Crippen molar-refractivity contribution in [2.24, 2.45) is 5.92 Å². The van der Waals surface area contributed by atoms with Gasteiger partial charge in [-0.3, -0.25) is 0 Å². The quantitative estimate of drug-likeness (QED) is 0.678. The molecule has 1 aromatic carbocycles. The minimum absolute atomic E-state index is 0.620. The van der Waals surface area contributed by atoms with Crippen LogP contribution in [0.4, 0.5) is 0 Å². The first kappa shape index (κ1) is 12.7. The van der Waals surface area contributed by atoms with Gasteiger partial charge in [0.1, 0.15) is 5.75 Å². The van der Waals surface area contributed by atoms with Crippen molar-refractivity contribution in [3.63, 3.8) is 0 Å². The molecule has 1 unspecified atom stereocenters. The monoisotopic (exact) mass is 246 g/mol. The van der Waals surface area contributed by atoms with Crippen LogP contribution in [0.2, 0.25) is 5.02 Å². The zero-order valence-electron chi connectivity index (χ0n) is 8.88. The lowest BCUT2D eigenvalue weighted by Crippen LogP contribution is -2.04. The maximum atomic E-state index is 5.77. The molecule has 1 atom stereocenters. The lowest BCUT2D eigenvalue weighted by molar-refractivity contribution is 0.282. The predicted octanol–water partition coefficient (Wildman–Crippen LogP) is 4.37. The number of rotatable bonds is 6. The van der Waals surface area contributed by atoms with Crippen molar-refractivity contribution < 1.29 is 4.74 Å². The van der Waals surface area contributed by atoms with E-state index in [9.17, 15) is 0 Å². The molecule has 0 saturated heterocycles. The average Bonchev–Trinajstić information content (AvgIpc) is 2.21. The summed E-state index contributed by atoms with van der Waals surface area (Å²) in [6.45, 7) is 2.92. The average molecular weight is 247 g/mol. The Morgan fingerprint density at radius 1 is 1.20 bits per heavy atom. The van der Waals surface area contributed by atoms with Crippen molar-refractivity contribution in [2.75, 3.05) is 12.5 Å². The Bertz CT molecular complexity index is 271. The Kier molecular flexibility index (Phi) is 5.89. The van der Waals surface area contributed by atoms with Crippen LogP contribution < -0.4 is 4.74 Å². The van der Waals surface area contributed by atoms with Crippen molar-refractivity contribution in [1.29, 1.82) is 0 Å². The zero-order valence-corrected chi connectivity index (χ0v) is 10.4. The Morgan fingerprint density at radius 3 is 2.47 bits per heavy atom. The minimum atomic E-state index is 0.620. The van der Waals surface area contributed by atoms with Crippen LogP contribution in [-0.4, -0.2) is 12.5 Å². The van der Waals surface area contributed by atoms with E-state index < -0.39 is 0 Å². The second kappa shape index (κ2) is 6.97. The molecule has 84 valence electrons. The van der Waals surface area contributed by atoms with Crippen LogP contribution in [0.1, 0.15) is 19.8 Å². The fourth-order valence-corrected chi connectivity index (χ4v) is 1.74. The Hall–Kier alpha value is -0.400. The van der Waals surface area contributed by atoms with Crippen molar-refractivity contribution in [3.8, 4) is 5.75 Å². The van der Waals surface area contributed by atoms with Gasteiger partial charge in [0.05, 0.1) is 6.61 Å². The summed E-state index contributed by atoms with van der Waals surface area (Å²) in [4.78, 5) is 0. The number of ether oxygens (including phenoxy) is 1. The molecule has 1 rings (SSSR count). The summed E-state index contributed by atoms with van der Waals surface area (Å²) in [6, 6.07) is 7.43. The van der Waals surface area contributed by atoms with Crippen LogP contribution in [0.3, 0.4) is 0 Å². The summed E-state index contributed by atoms with van der Waals surface area (Å²) in [5, 5.41) is 0.734. The van der Waals surface area contributed by atoms with Gasteiger partial charge in [-0.25, -0.2) is 0 Å². The van der Waals surface area contributed by atoms with E-state index in [4.69, 9.17) is 27.9 Å². The highest BCUT2D eigenvalue weighted by Gasteiger charge is 2.01. The van der Waals surface area contributed by atoms with Gasteiger partial charge in [0.25, 0.3) is 0 Å². The second-order valence-electron chi connectivity index (χ2n) is 3.67. The van der Waals surface area contributed by atoms with E-state index in [0.29, 0.717) is 5.92 Å². The van der Waals surface area contributed by atoms with E-state index in [2.05, 4.69) is 6.92 Å². The van der Waals surface area contributed by atoms with Crippen molar-refractivity contribution in [1.82, 2.24) is 0 Å². The summed E-state index contributed by atoms with van der Waals surface area (Å²) in [5.41, 5.74) is 0. The van der Waals surface area contributed by atoms with Gasteiger partial charge in [-0.1, -0.05) is 18.5 Å². The molecule has 0 aromatic heterocycles. The molecule has 0 spiro atoms. The predicted molar refractivity (Wildman–Crippen MR) is 66.1 cm³/mol. The van der Waals surface area contributed by atoms with Crippen molar-refractivity contribution in [2.45, 2.75) is 19.8 Å². The SMILES string of the molecule is CC(CCCl)CCOc1ccc(Cl)cc1. The largest absolute Gasteiger partial charge is 0.494 e. The molecular formula is C12H16Cl2O. The topological polar surface area (TPSA) is 9.23 Å². The standard InChI is InChI=1S/C12H16Cl2O/c1-10(6-8-13)7-9-15-12-4-2-11(14)3-5-12/h2-5,10H,6-9H2,1H3. The zero-order chi connectivity index (χ0) is 11.1. The van der Waals surface area contributed by atoms with Gasteiger partial charge >= 0.3 is 0 Å². The highest BCUT2D eigenvalue weighted by molar-refractivity contribution is 6.30. The fraction of sp³-hybridized carbons (Fsp3) is 0.500. The smallest absolute Gasteiger partial charge is 0.119 e. The molecule has 0 N–H and O–H groups in total. The van der Waals surface area contributed by atoms with E-state index in [0.717, 1.165) is 36.1 Å². The van der Waals surface area contributed by atoms with Crippen LogP contribution in [0.25, 0.3) is 0 Å². The van der Waals surface area contributed by atoms with Gasteiger partial charge < -0.3 is 4.74 Å². The van der Waals surface area contributed by atoms with Crippen molar-refractivity contribution >= 4 is 23.2 Å². The van der Waals surface area contributed by atoms with Crippen molar-refractivity contribution in [3.05, 3.63) is 29.3 Å². The number of halogens is 2. The summed E-state index contributed by atoms with van der Waals surface area (Å²) in [7, 11) is 0. The van der Waals surface area contributed by atoms with E-state index in [1.54, 1.807) is 0 Å². The van der Waals surface area contributed by atoms with E-state index in [1.807, 2.05) is 24.3 Å². The van der Waals surface area contributed by atoms with Crippen LogP contribution in [0.15, 0.2) is 24.3 Å². The Morgan fingerprint density at radius 2 is 1.87 bits per heavy atom. The first-order chi connectivity index (χ1) is 7.22. The molecule has 1 aromatic rings.